The largest absolute Gasteiger partial charge is 0.459 e. The molecule has 1 amide bonds. The number of hydrogen-bond donors (Lipinski definition) is 3. The van der Waals surface area contributed by atoms with Crippen molar-refractivity contribution in [2.24, 2.45) is 4.99 Å². The number of nitrogens with zero attached hydrogens (tertiary/aromatic N) is 2. The van der Waals surface area contributed by atoms with E-state index in [0.717, 1.165) is 48.2 Å². The molecule has 1 aromatic carbocycles. The van der Waals surface area contributed by atoms with Crippen LogP contribution in [0.1, 0.15) is 29.0 Å². The molecule has 0 radical (unpaired) electrons. The van der Waals surface area contributed by atoms with E-state index in [1.165, 1.54) is 6.26 Å². The number of aliphatic imine (C=N–C) groups is 1. The highest BCUT2D eigenvalue weighted by atomic mass is 35.5. The van der Waals surface area contributed by atoms with Crippen LogP contribution in [-0.2, 0) is 0 Å². The predicted octanol–water partition coefficient (Wildman–Crippen LogP) is 2.81. The number of hydrogen-bond acceptors (Lipinski definition) is 4. The molecule has 1 aromatic heterocycles. The number of anilines is 1. The minimum atomic E-state index is -0.179. The molecule has 3 rings (SSSR count). The first-order valence-corrected chi connectivity index (χ1v) is 10.2. The molecule has 2 aromatic rings. The zero-order chi connectivity index (χ0) is 20.6. The fraction of sp³-hybridized carbons (Fsp3) is 0.429. The van der Waals surface area contributed by atoms with Crippen LogP contribution in [0.3, 0.4) is 0 Å². The van der Waals surface area contributed by atoms with Gasteiger partial charge in [0.25, 0.3) is 5.91 Å². The summed E-state index contributed by atoms with van der Waals surface area (Å²) in [6.45, 7) is 5.01. The Balaban J connectivity index is 1.36. The first-order valence-electron chi connectivity index (χ1n) is 9.87. The van der Waals surface area contributed by atoms with Gasteiger partial charge in [0.1, 0.15) is 0 Å². The number of furan rings is 1. The number of aryl methyl sites for hydroxylation is 1. The zero-order valence-electron chi connectivity index (χ0n) is 16.9. The van der Waals surface area contributed by atoms with Gasteiger partial charge in [0.15, 0.2) is 11.7 Å². The van der Waals surface area contributed by atoms with Gasteiger partial charge >= 0.3 is 0 Å². The van der Waals surface area contributed by atoms with E-state index in [1.54, 1.807) is 13.1 Å². The van der Waals surface area contributed by atoms with Gasteiger partial charge in [0, 0.05) is 55.5 Å². The summed E-state index contributed by atoms with van der Waals surface area (Å²) in [6.07, 6.45) is 3.34. The molecular weight excluding hydrogens is 390 g/mol. The van der Waals surface area contributed by atoms with Gasteiger partial charge < -0.3 is 25.3 Å². The van der Waals surface area contributed by atoms with Gasteiger partial charge in [-0.2, -0.15) is 0 Å². The quantitative estimate of drug-likeness (QED) is 0.366. The number of rotatable bonds is 7. The van der Waals surface area contributed by atoms with Crippen LogP contribution in [0.4, 0.5) is 5.69 Å². The lowest BCUT2D eigenvalue weighted by Crippen LogP contribution is -2.45. The fourth-order valence-corrected chi connectivity index (χ4v) is 3.54. The summed E-state index contributed by atoms with van der Waals surface area (Å²) in [6, 6.07) is 10.0. The first kappa shape index (κ1) is 21.0. The highest BCUT2D eigenvalue weighted by Crippen LogP contribution is 2.23. The van der Waals surface area contributed by atoms with Crippen LogP contribution in [0.5, 0.6) is 0 Å². The number of halogens is 1. The highest BCUT2D eigenvalue weighted by molar-refractivity contribution is 6.30. The van der Waals surface area contributed by atoms with Crippen molar-refractivity contribution in [2.45, 2.75) is 25.8 Å². The Morgan fingerprint density at radius 2 is 2.14 bits per heavy atom. The molecule has 0 spiro atoms. The van der Waals surface area contributed by atoms with Crippen molar-refractivity contribution in [3.8, 4) is 0 Å². The van der Waals surface area contributed by atoms with Crippen molar-refractivity contribution in [3.05, 3.63) is 52.9 Å². The normalized spacial score (nSPS) is 16.7. The Labute approximate surface area is 176 Å². The van der Waals surface area contributed by atoms with Crippen LogP contribution in [-0.4, -0.2) is 51.1 Å². The van der Waals surface area contributed by atoms with Crippen LogP contribution < -0.4 is 20.9 Å². The minimum Gasteiger partial charge on any atom is -0.459 e. The second-order valence-corrected chi connectivity index (χ2v) is 7.53. The van der Waals surface area contributed by atoms with Crippen LogP contribution >= 0.6 is 11.6 Å². The van der Waals surface area contributed by atoms with Gasteiger partial charge in [-0.1, -0.05) is 17.7 Å². The van der Waals surface area contributed by atoms with E-state index in [4.69, 9.17) is 16.0 Å². The highest BCUT2D eigenvalue weighted by Gasteiger charge is 2.23. The van der Waals surface area contributed by atoms with Crippen molar-refractivity contribution in [2.75, 3.05) is 38.1 Å². The fourth-order valence-electron chi connectivity index (χ4n) is 3.36. The maximum atomic E-state index is 12.0. The molecule has 1 aliphatic heterocycles. The van der Waals surface area contributed by atoms with Gasteiger partial charge in [-0.25, -0.2) is 0 Å². The predicted molar refractivity (Wildman–Crippen MR) is 117 cm³/mol. The van der Waals surface area contributed by atoms with Gasteiger partial charge in [-0.15, -0.1) is 0 Å². The number of benzene rings is 1. The summed E-state index contributed by atoms with van der Waals surface area (Å²) in [5.74, 6) is 0.971. The second-order valence-electron chi connectivity index (χ2n) is 7.10. The summed E-state index contributed by atoms with van der Waals surface area (Å²) >= 11 is 6.10. The number of guanidine groups is 1. The molecule has 0 aliphatic carbocycles. The molecule has 3 N–H and O–H groups in total. The van der Waals surface area contributed by atoms with Crippen molar-refractivity contribution in [1.29, 1.82) is 0 Å². The lowest BCUT2D eigenvalue weighted by atomic mass is 10.2. The summed E-state index contributed by atoms with van der Waals surface area (Å²) in [5.41, 5.74) is 1.99. The summed E-state index contributed by atoms with van der Waals surface area (Å²) in [4.78, 5) is 18.6. The monoisotopic (exact) mass is 417 g/mol. The summed E-state index contributed by atoms with van der Waals surface area (Å²) in [5, 5.41) is 10.4. The maximum Gasteiger partial charge on any atom is 0.287 e. The van der Waals surface area contributed by atoms with Crippen molar-refractivity contribution in [1.82, 2.24) is 16.0 Å². The van der Waals surface area contributed by atoms with E-state index in [2.05, 4.69) is 31.9 Å². The van der Waals surface area contributed by atoms with Crippen LogP contribution in [0.2, 0.25) is 5.02 Å². The van der Waals surface area contributed by atoms with Crippen LogP contribution in [0.15, 0.2) is 46.0 Å². The Morgan fingerprint density at radius 3 is 2.86 bits per heavy atom. The second kappa shape index (κ2) is 10.2. The van der Waals surface area contributed by atoms with E-state index in [9.17, 15) is 4.79 Å². The third kappa shape index (κ3) is 5.90. The Kier molecular flexibility index (Phi) is 7.41. The third-order valence-electron chi connectivity index (χ3n) is 4.93. The maximum absolute atomic E-state index is 12.0. The van der Waals surface area contributed by atoms with Crippen molar-refractivity contribution >= 4 is 29.2 Å². The molecular formula is C21H28ClN5O2. The Hall–Kier alpha value is -2.67. The molecule has 0 bridgehead atoms. The van der Waals surface area contributed by atoms with Gasteiger partial charge in [0.2, 0.25) is 0 Å². The minimum absolute atomic E-state index is 0.179. The van der Waals surface area contributed by atoms with E-state index < -0.39 is 0 Å². The number of carbonyl (C=O) groups excluding carboxylic acids is 1. The third-order valence-corrected chi connectivity index (χ3v) is 5.16. The molecule has 1 unspecified atom stereocenters. The van der Waals surface area contributed by atoms with E-state index in [0.29, 0.717) is 24.9 Å². The topological polar surface area (TPSA) is 81.9 Å². The Morgan fingerprint density at radius 1 is 1.31 bits per heavy atom. The molecule has 1 fully saturated rings. The molecule has 2 heterocycles. The van der Waals surface area contributed by atoms with Crippen LogP contribution in [0, 0.1) is 6.92 Å². The van der Waals surface area contributed by atoms with E-state index >= 15 is 0 Å². The first-order chi connectivity index (χ1) is 14.1. The SMILES string of the molecule is CN=C(NCCCNC(=O)c1occc1C)NC1CCN(c2cccc(Cl)c2)C1. The molecule has 8 heteroatoms. The average Bonchev–Trinajstić information content (AvgIpc) is 3.35. The number of amides is 1. The summed E-state index contributed by atoms with van der Waals surface area (Å²) < 4.78 is 5.19. The van der Waals surface area contributed by atoms with Crippen LogP contribution in [0.25, 0.3) is 0 Å². The number of carbonyl (C=O) groups is 1. The summed E-state index contributed by atoms with van der Waals surface area (Å²) in [7, 11) is 1.76. The number of nitrogens with one attached hydrogen (secondary N) is 3. The van der Waals surface area contributed by atoms with E-state index in [-0.39, 0.29) is 5.91 Å². The van der Waals surface area contributed by atoms with E-state index in [1.807, 2.05) is 25.1 Å². The Bertz CT molecular complexity index is 851. The molecule has 1 saturated heterocycles. The molecule has 0 saturated carbocycles. The lowest BCUT2D eigenvalue weighted by Gasteiger charge is -2.20. The van der Waals surface area contributed by atoms with Crippen molar-refractivity contribution in [3.63, 3.8) is 0 Å². The molecule has 1 aliphatic rings. The molecule has 1 atom stereocenters. The molecule has 29 heavy (non-hydrogen) atoms. The molecule has 7 nitrogen and oxygen atoms in total. The van der Waals surface area contributed by atoms with Gasteiger partial charge in [0.05, 0.1) is 6.26 Å². The lowest BCUT2D eigenvalue weighted by molar-refractivity contribution is 0.0925. The molecule has 156 valence electrons. The van der Waals surface area contributed by atoms with Gasteiger partial charge in [-0.05, 0) is 44.0 Å². The smallest absolute Gasteiger partial charge is 0.287 e. The average molecular weight is 418 g/mol. The van der Waals surface area contributed by atoms with Crippen molar-refractivity contribution < 1.29 is 9.21 Å². The van der Waals surface area contributed by atoms with Gasteiger partial charge in [-0.3, -0.25) is 9.79 Å². The zero-order valence-corrected chi connectivity index (χ0v) is 17.6. The standard InChI is InChI=1S/C21H28ClN5O2/c1-15-8-12-29-19(15)20(28)24-9-4-10-25-21(23-2)26-17-7-11-27(14-17)18-6-3-5-16(22)13-18/h3,5-6,8,12-13,17H,4,7,9-11,14H2,1-2H3,(H,24,28)(H2,23,25,26).